The first kappa shape index (κ1) is 26.9. The molecular formula is C30H35NO5. The van der Waals surface area contributed by atoms with E-state index in [4.69, 9.17) is 4.74 Å². The molecule has 1 aliphatic carbocycles. The minimum Gasteiger partial charge on any atom is -0.466 e. The third-order valence-electron chi connectivity index (χ3n) is 5.90. The molecule has 190 valence electrons. The van der Waals surface area contributed by atoms with Crippen LogP contribution in [0.25, 0.3) is 12.2 Å². The molecule has 2 aromatic rings. The molecule has 3 rings (SSSR count). The molecule has 1 fully saturated rings. The summed E-state index contributed by atoms with van der Waals surface area (Å²) in [6, 6.07) is 15.4. The Labute approximate surface area is 213 Å². The van der Waals surface area contributed by atoms with Crippen LogP contribution in [0, 0.1) is 5.92 Å². The SMILES string of the molecule is COC(=O)/C=C/c1cccc(N(Cc2ccc(/C=C/C(=O)OC(C)(C)C)cc2)C(=O)C2CCCC2)c1. The maximum Gasteiger partial charge on any atom is 0.331 e. The van der Waals surface area contributed by atoms with Crippen LogP contribution in [0.2, 0.25) is 0 Å². The maximum atomic E-state index is 13.5. The van der Waals surface area contributed by atoms with Crippen molar-refractivity contribution in [1.82, 2.24) is 0 Å². The van der Waals surface area contributed by atoms with Gasteiger partial charge in [0.1, 0.15) is 5.60 Å². The van der Waals surface area contributed by atoms with Gasteiger partial charge in [-0.25, -0.2) is 9.59 Å². The highest BCUT2D eigenvalue weighted by atomic mass is 16.6. The Morgan fingerprint density at radius 2 is 1.56 bits per heavy atom. The number of nitrogens with zero attached hydrogens (tertiary/aromatic N) is 1. The van der Waals surface area contributed by atoms with E-state index in [0.717, 1.165) is 48.1 Å². The van der Waals surface area contributed by atoms with Crippen LogP contribution in [0.4, 0.5) is 5.69 Å². The van der Waals surface area contributed by atoms with Gasteiger partial charge in [0.15, 0.2) is 0 Å². The number of hydrogen-bond acceptors (Lipinski definition) is 5. The third kappa shape index (κ3) is 8.22. The molecule has 0 aliphatic heterocycles. The number of anilines is 1. The number of carbonyl (C=O) groups is 3. The zero-order valence-corrected chi connectivity index (χ0v) is 21.5. The lowest BCUT2D eigenvalue weighted by Gasteiger charge is -2.26. The third-order valence-corrected chi connectivity index (χ3v) is 5.90. The predicted octanol–water partition coefficient (Wildman–Crippen LogP) is 5.95. The average Bonchev–Trinajstić information content (AvgIpc) is 3.39. The Balaban J connectivity index is 1.79. The van der Waals surface area contributed by atoms with Crippen molar-refractivity contribution in [2.45, 2.75) is 58.6 Å². The molecule has 1 saturated carbocycles. The molecule has 36 heavy (non-hydrogen) atoms. The minimum atomic E-state index is -0.535. The summed E-state index contributed by atoms with van der Waals surface area (Å²) >= 11 is 0. The van der Waals surface area contributed by atoms with Crippen molar-refractivity contribution in [2.24, 2.45) is 5.92 Å². The molecule has 0 bridgehead atoms. The van der Waals surface area contributed by atoms with Gasteiger partial charge in [-0.2, -0.15) is 0 Å². The summed E-state index contributed by atoms with van der Waals surface area (Å²) in [5.74, 6) is -0.674. The molecule has 0 radical (unpaired) electrons. The number of carbonyl (C=O) groups excluding carboxylic acids is 3. The standard InChI is InChI=1S/C30H35NO5/c1-30(2,3)36-28(33)19-16-22-12-14-24(15-13-22)21-31(29(34)25-9-5-6-10-25)26-11-7-8-23(20-26)17-18-27(32)35-4/h7-8,11-20,25H,5-6,9-10,21H2,1-4H3/b18-17+,19-16+. The van der Waals surface area contributed by atoms with E-state index in [9.17, 15) is 14.4 Å². The van der Waals surface area contributed by atoms with Crippen LogP contribution in [0.15, 0.2) is 60.7 Å². The predicted molar refractivity (Wildman–Crippen MR) is 142 cm³/mol. The summed E-state index contributed by atoms with van der Waals surface area (Å²) in [6.45, 7) is 5.92. The van der Waals surface area contributed by atoms with Gasteiger partial charge in [-0.3, -0.25) is 4.79 Å². The van der Waals surface area contributed by atoms with Gasteiger partial charge in [0, 0.05) is 23.8 Å². The largest absolute Gasteiger partial charge is 0.466 e. The van der Waals surface area contributed by atoms with Crippen molar-refractivity contribution >= 4 is 35.7 Å². The number of amides is 1. The van der Waals surface area contributed by atoms with E-state index < -0.39 is 11.6 Å². The Morgan fingerprint density at radius 1 is 0.917 bits per heavy atom. The van der Waals surface area contributed by atoms with Gasteiger partial charge in [0.2, 0.25) is 5.91 Å². The number of methoxy groups -OCH3 is 1. The second-order valence-corrected chi connectivity index (χ2v) is 9.97. The summed E-state index contributed by atoms with van der Waals surface area (Å²) in [6.07, 6.45) is 10.2. The Morgan fingerprint density at radius 3 is 2.19 bits per heavy atom. The number of benzene rings is 2. The lowest BCUT2D eigenvalue weighted by atomic mass is 10.0. The fourth-order valence-corrected chi connectivity index (χ4v) is 4.14. The van der Waals surface area contributed by atoms with E-state index in [0.29, 0.717) is 6.54 Å². The highest BCUT2D eigenvalue weighted by Crippen LogP contribution is 2.30. The van der Waals surface area contributed by atoms with E-state index in [1.807, 2.05) is 74.2 Å². The number of rotatable bonds is 8. The normalized spacial score (nSPS) is 14.3. The van der Waals surface area contributed by atoms with Gasteiger partial charge in [-0.05, 0) is 74.6 Å². The number of esters is 2. The first-order chi connectivity index (χ1) is 17.1. The van der Waals surface area contributed by atoms with E-state index in [-0.39, 0.29) is 17.8 Å². The Kier molecular flexibility index (Phi) is 9.23. The van der Waals surface area contributed by atoms with Crippen molar-refractivity contribution in [3.05, 3.63) is 77.4 Å². The topological polar surface area (TPSA) is 72.9 Å². The van der Waals surface area contributed by atoms with Crippen molar-refractivity contribution in [3.63, 3.8) is 0 Å². The van der Waals surface area contributed by atoms with Crippen LogP contribution in [-0.4, -0.2) is 30.6 Å². The van der Waals surface area contributed by atoms with Gasteiger partial charge in [0.05, 0.1) is 13.7 Å². The number of ether oxygens (including phenoxy) is 2. The molecule has 0 spiro atoms. The van der Waals surface area contributed by atoms with Crippen LogP contribution in [-0.2, 0) is 30.4 Å². The molecule has 2 aromatic carbocycles. The zero-order chi connectivity index (χ0) is 26.1. The first-order valence-corrected chi connectivity index (χ1v) is 12.3. The zero-order valence-electron chi connectivity index (χ0n) is 21.5. The van der Waals surface area contributed by atoms with Crippen LogP contribution < -0.4 is 4.90 Å². The Hall–Kier alpha value is -3.67. The van der Waals surface area contributed by atoms with E-state index in [2.05, 4.69) is 4.74 Å². The second-order valence-electron chi connectivity index (χ2n) is 9.97. The summed E-state index contributed by atoms with van der Waals surface area (Å²) in [5.41, 5.74) is 2.91. The minimum absolute atomic E-state index is 0.0234. The molecule has 1 aliphatic rings. The molecule has 0 aromatic heterocycles. The summed E-state index contributed by atoms with van der Waals surface area (Å²) < 4.78 is 9.98. The first-order valence-electron chi connectivity index (χ1n) is 12.3. The van der Waals surface area contributed by atoms with E-state index >= 15 is 0 Å². The van der Waals surface area contributed by atoms with Crippen molar-refractivity contribution in [2.75, 3.05) is 12.0 Å². The summed E-state index contributed by atoms with van der Waals surface area (Å²) in [7, 11) is 1.34. The van der Waals surface area contributed by atoms with Crippen LogP contribution in [0.3, 0.4) is 0 Å². The van der Waals surface area contributed by atoms with Crippen LogP contribution in [0.1, 0.15) is 63.1 Å². The molecule has 1 amide bonds. The smallest absolute Gasteiger partial charge is 0.331 e. The van der Waals surface area contributed by atoms with Crippen LogP contribution >= 0.6 is 0 Å². The monoisotopic (exact) mass is 489 g/mol. The molecule has 6 heteroatoms. The van der Waals surface area contributed by atoms with Gasteiger partial charge in [-0.1, -0.05) is 49.2 Å². The Bertz CT molecular complexity index is 1120. The van der Waals surface area contributed by atoms with Gasteiger partial charge < -0.3 is 14.4 Å². The van der Waals surface area contributed by atoms with Crippen molar-refractivity contribution < 1.29 is 23.9 Å². The molecule has 0 saturated heterocycles. The lowest BCUT2D eigenvalue weighted by Crippen LogP contribution is -2.35. The molecule has 0 heterocycles. The highest BCUT2D eigenvalue weighted by molar-refractivity contribution is 5.95. The number of hydrogen-bond donors (Lipinski definition) is 0. The van der Waals surface area contributed by atoms with Gasteiger partial charge in [0.25, 0.3) is 0 Å². The summed E-state index contributed by atoms with van der Waals surface area (Å²) in [5, 5.41) is 0. The molecule has 0 atom stereocenters. The fourth-order valence-electron chi connectivity index (χ4n) is 4.14. The maximum absolute atomic E-state index is 13.5. The average molecular weight is 490 g/mol. The van der Waals surface area contributed by atoms with E-state index in [1.54, 1.807) is 12.2 Å². The van der Waals surface area contributed by atoms with E-state index in [1.165, 1.54) is 19.3 Å². The fraction of sp³-hybridized carbons (Fsp3) is 0.367. The molecular weight excluding hydrogens is 454 g/mol. The van der Waals surface area contributed by atoms with Gasteiger partial charge in [-0.15, -0.1) is 0 Å². The molecule has 6 nitrogen and oxygen atoms in total. The summed E-state index contributed by atoms with van der Waals surface area (Å²) in [4.78, 5) is 38.8. The quantitative estimate of drug-likeness (QED) is 0.338. The second kappa shape index (κ2) is 12.3. The highest BCUT2D eigenvalue weighted by Gasteiger charge is 2.28. The van der Waals surface area contributed by atoms with Crippen LogP contribution in [0.5, 0.6) is 0 Å². The van der Waals surface area contributed by atoms with Crippen molar-refractivity contribution in [1.29, 1.82) is 0 Å². The van der Waals surface area contributed by atoms with Gasteiger partial charge >= 0.3 is 11.9 Å². The van der Waals surface area contributed by atoms with Crippen molar-refractivity contribution in [3.8, 4) is 0 Å². The lowest BCUT2D eigenvalue weighted by molar-refractivity contribution is -0.148. The molecule has 0 N–H and O–H groups in total. The molecule has 0 unspecified atom stereocenters.